The average Bonchev–Trinajstić information content (AvgIpc) is 2.28. The Hall–Kier alpha value is -0.770. The van der Waals surface area contributed by atoms with Gasteiger partial charge in [-0.05, 0) is 18.7 Å². The number of nitrogens with zero attached hydrogens (tertiary/aromatic N) is 2. The standard InChI is InChI=1S/C12H17ClN2O/c1-14-5-7-15(8-6-14)9-10-3-2-4-11(16)12(10)13/h2-4,16H,5-9H2,1H3. The predicted molar refractivity (Wildman–Crippen MR) is 65.9 cm³/mol. The van der Waals surface area contributed by atoms with Crippen molar-refractivity contribution in [2.75, 3.05) is 33.2 Å². The summed E-state index contributed by atoms with van der Waals surface area (Å²) in [5, 5.41) is 10.0. The van der Waals surface area contributed by atoms with Crippen LogP contribution in [-0.4, -0.2) is 48.1 Å². The van der Waals surface area contributed by atoms with Crippen LogP contribution in [0.1, 0.15) is 5.56 Å². The van der Waals surface area contributed by atoms with E-state index < -0.39 is 0 Å². The molecule has 1 heterocycles. The van der Waals surface area contributed by atoms with E-state index in [-0.39, 0.29) is 5.75 Å². The second-order valence-electron chi connectivity index (χ2n) is 4.33. The Kier molecular flexibility index (Phi) is 3.69. The molecular weight excluding hydrogens is 224 g/mol. The summed E-state index contributed by atoms with van der Waals surface area (Å²) in [5.74, 6) is 0.174. The van der Waals surface area contributed by atoms with Crippen LogP contribution in [0, 0.1) is 0 Å². The Morgan fingerprint density at radius 1 is 1.25 bits per heavy atom. The van der Waals surface area contributed by atoms with Gasteiger partial charge in [-0.2, -0.15) is 0 Å². The number of benzene rings is 1. The summed E-state index contributed by atoms with van der Waals surface area (Å²) in [4.78, 5) is 4.68. The Balaban J connectivity index is 2.01. The lowest BCUT2D eigenvalue weighted by Gasteiger charge is -2.32. The third kappa shape index (κ3) is 2.67. The highest BCUT2D eigenvalue weighted by molar-refractivity contribution is 6.32. The molecule has 1 N–H and O–H groups in total. The van der Waals surface area contributed by atoms with Gasteiger partial charge in [0.15, 0.2) is 0 Å². The minimum Gasteiger partial charge on any atom is -0.506 e. The third-order valence-electron chi connectivity index (χ3n) is 3.05. The molecule has 1 aliphatic heterocycles. The quantitative estimate of drug-likeness (QED) is 0.854. The topological polar surface area (TPSA) is 26.7 Å². The summed E-state index contributed by atoms with van der Waals surface area (Å²) in [5.41, 5.74) is 1.01. The number of rotatable bonds is 2. The second kappa shape index (κ2) is 5.04. The van der Waals surface area contributed by atoms with E-state index in [1.54, 1.807) is 6.07 Å². The molecule has 16 heavy (non-hydrogen) atoms. The van der Waals surface area contributed by atoms with E-state index in [9.17, 15) is 5.11 Å². The molecule has 2 rings (SSSR count). The largest absolute Gasteiger partial charge is 0.506 e. The van der Waals surface area contributed by atoms with Gasteiger partial charge in [0.25, 0.3) is 0 Å². The first-order valence-electron chi connectivity index (χ1n) is 5.54. The normalized spacial score (nSPS) is 18.9. The van der Waals surface area contributed by atoms with Gasteiger partial charge in [-0.25, -0.2) is 0 Å². The monoisotopic (exact) mass is 240 g/mol. The molecule has 4 heteroatoms. The molecule has 0 bridgehead atoms. The van der Waals surface area contributed by atoms with E-state index >= 15 is 0 Å². The maximum atomic E-state index is 9.51. The van der Waals surface area contributed by atoms with Gasteiger partial charge in [-0.1, -0.05) is 23.7 Å². The number of phenolic OH excluding ortho intramolecular Hbond substituents is 1. The van der Waals surface area contributed by atoms with Crippen LogP contribution in [0.4, 0.5) is 0 Å². The minimum atomic E-state index is 0.174. The lowest BCUT2D eigenvalue weighted by molar-refractivity contribution is 0.148. The number of phenols is 1. The molecule has 1 aromatic rings. The smallest absolute Gasteiger partial charge is 0.134 e. The average molecular weight is 241 g/mol. The van der Waals surface area contributed by atoms with Gasteiger partial charge in [0, 0.05) is 32.7 Å². The number of hydrogen-bond acceptors (Lipinski definition) is 3. The summed E-state index contributed by atoms with van der Waals surface area (Å²) in [6.45, 7) is 5.12. The Morgan fingerprint density at radius 2 is 1.94 bits per heavy atom. The van der Waals surface area contributed by atoms with Crippen molar-refractivity contribution in [2.45, 2.75) is 6.54 Å². The van der Waals surface area contributed by atoms with Gasteiger partial charge in [0.2, 0.25) is 0 Å². The molecule has 0 amide bonds. The lowest BCUT2D eigenvalue weighted by atomic mass is 10.2. The molecule has 88 valence electrons. The van der Waals surface area contributed by atoms with E-state index in [1.807, 2.05) is 12.1 Å². The minimum absolute atomic E-state index is 0.174. The van der Waals surface area contributed by atoms with E-state index in [4.69, 9.17) is 11.6 Å². The molecule has 0 aliphatic carbocycles. The molecule has 1 saturated heterocycles. The van der Waals surface area contributed by atoms with Crippen LogP contribution in [0.15, 0.2) is 18.2 Å². The molecule has 0 unspecified atom stereocenters. The highest BCUT2D eigenvalue weighted by atomic mass is 35.5. The van der Waals surface area contributed by atoms with E-state index in [0.717, 1.165) is 38.3 Å². The molecule has 1 fully saturated rings. The SMILES string of the molecule is CN1CCN(Cc2cccc(O)c2Cl)CC1. The fourth-order valence-electron chi connectivity index (χ4n) is 1.94. The van der Waals surface area contributed by atoms with Crippen molar-refractivity contribution in [2.24, 2.45) is 0 Å². The maximum absolute atomic E-state index is 9.51. The fraction of sp³-hybridized carbons (Fsp3) is 0.500. The van der Waals surface area contributed by atoms with E-state index in [1.165, 1.54) is 0 Å². The van der Waals surface area contributed by atoms with Crippen molar-refractivity contribution in [3.8, 4) is 5.75 Å². The number of halogens is 1. The summed E-state index contributed by atoms with van der Waals surface area (Å²) in [6.07, 6.45) is 0. The third-order valence-corrected chi connectivity index (χ3v) is 3.48. The molecule has 0 aromatic heterocycles. The molecule has 0 spiro atoms. The fourth-order valence-corrected chi connectivity index (χ4v) is 2.12. The molecule has 1 aromatic carbocycles. The first-order valence-corrected chi connectivity index (χ1v) is 5.92. The van der Waals surface area contributed by atoms with Crippen molar-refractivity contribution in [1.82, 2.24) is 9.80 Å². The maximum Gasteiger partial charge on any atom is 0.134 e. The Labute approximate surface area is 101 Å². The van der Waals surface area contributed by atoms with Crippen LogP contribution in [0.25, 0.3) is 0 Å². The number of piperazine rings is 1. The van der Waals surface area contributed by atoms with Crippen molar-refractivity contribution in [3.05, 3.63) is 28.8 Å². The van der Waals surface area contributed by atoms with Crippen LogP contribution in [0.5, 0.6) is 5.75 Å². The first-order chi connectivity index (χ1) is 7.66. The summed E-state index contributed by atoms with van der Waals surface area (Å²) in [6, 6.07) is 5.43. The van der Waals surface area contributed by atoms with Crippen molar-refractivity contribution in [3.63, 3.8) is 0 Å². The zero-order valence-corrected chi connectivity index (χ0v) is 10.2. The molecular formula is C12H17ClN2O. The zero-order valence-electron chi connectivity index (χ0n) is 9.49. The zero-order chi connectivity index (χ0) is 11.5. The first kappa shape index (κ1) is 11.7. The van der Waals surface area contributed by atoms with E-state index in [2.05, 4.69) is 16.8 Å². The second-order valence-corrected chi connectivity index (χ2v) is 4.71. The van der Waals surface area contributed by atoms with Gasteiger partial charge in [-0.15, -0.1) is 0 Å². The number of likely N-dealkylation sites (N-methyl/N-ethyl adjacent to an activating group) is 1. The summed E-state index contributed by atoms with van der Waals surface area (Å²) in [7, 11) is 2.14. The highest BCUT2D eigenvalue weighted by Crippen LogP contribution is 2.27. The van der Waals surface area contributed by atoms with E-state index in [0.29, 0.717) is 5.02 Å². The van der Waals surface area contributed by atoms with Crippen molar-refractivity contribution < 1.29 is 5.11 Å². The summed E-state index contributed by atoms with van der Waals surface area (Å²) < 4.78 is 0. The van der Waals surface area contributed by atoms with Gasteiger partial charge in [-0.3, -0.25) is 4.90 Å². The lowest BCUT2D eigenvalue weighted by Crippen LogP contribution is -2.43. The molecule has 3 nitrogen and oxygen atoms in total. The van der Waals surface area contributed by atoms with Crippen LogP contribution >= 0.6 is 11.6 Å². The van der Waals surface area contributed by atoms with Crippen LogP contribution < -0.4 is 0 Å². The van der Waals surface area contributed by atoms with Crippen molar-refractivity contribution >= 4 is 11.6 Å². The van der Waals surface area contributed by atoms with Crippen LogP contribution in [0.2, 0.25) is 5.02 Å². The molecule has 0 saturated carbocycles. The highest BCUT2D eigenvalue weighted by Gasteiger charge is 2.15. The number of hydrogen-bond donors (Lipinski definition) is 1. The number of aromatic hydroxyl groups is 1. The van der Waals surface area contributed by atoms with Gasteiger partial charge in [0.1, 0.15) is 5.75 Å². The Bertz CT molecular complexity index is 362. The van der Waals surface area contributed by atoms with Crippen LogP contribution in [0.3, 0.4) is 0 Å². The molecule has 0 radical (unpaired) electrons. The van der Waals surface area contributed by atoms with Gasteiger partial charge >= 0.3 is 0 Å². The van der Waals surface area contributed by atoms with Gasteiger partial charge < -0.3 is 10.0 Å². The van der Waals surface area contributed by atoms with Gasteiger partial charge in [0.05, 0.1) is 5.02 Å². The molecule has 0 atom stereocenters. The Morgan fingerprint density at radius 3 is 2.62 bits per heavy atom. The summed E-state index contributed by atoms with van der Waals surface area (Å²) >= 11 is 6.05. The van der Waals surface area contributed by atoms with Crippen molar-refractivity contribution in [1.29, 1.82) is 0 Å². The molecule has 1 aliphatic rings. The van der Waals surface area contributed by atoms with Crippen LogP contribution in [-0.2, 0) is 6.54 Å². The predicted octanol–water partition coefficient (Wildman–Crippen LogP) is 1.79.